The molecule has 0 radical (unpaired) electrons. The predicted octanol–water partition coefficient (Wildman–Crippen LogP) is 2.63. The van der Waals surface area contributed by atoms with E-state index >= 15 is 0 Å². The summed E-state index contributed by atoms with van der Waals surface area (Å²) in [6.45, 7) is 0. The standard InChI is InChI=1S/C14H14N2O2S/c1-16(2)11-8-6-10(7-9-11)4-3-5-12-13(17)15-14(18)19-12/h3-9H,1-2H3,(H,15,17,18)/b4-3+,12-5+. The number of amides is 2. The van der Waals surface area contributed by atoms with Crippen LogP contribution in [0.5, 0.6) is 0 Å². The maximum absolute atomic E-state index is 11.3. The molecule has 98 valence electrons. The van der Waals surface area contributed by atoms with Crippen LogP contribution in [0.4, 0.5) is 10.5 Å². The Balaban J connectivity index is 2.05. The van der Waals surface area contributed by atoms with Crippen molar-refractivity contribution in [2.24, 2.45) is 0 Å². The van der Waals surface area contributed by atoms with Crippen LogP contribution in [0.3, 0.4) is 0 Å². The molecule has 0 saturated carbocycles. The van der Waals surface area contributed by atoms with Crippen molar-refractivity contribution in [1.82, 2.24) is 5.32 Å². The van der Waals surface area contributed by atoms with E-state index < -0.39 is 0 Å². The summed E-state index contributed by atoms with van der Waals surface area (Å²) in [5.41, 5.74) is 2.17. The smallest absolute Gasteiger partial charge is 0.290 e. The third-order valence-electron chi connectivity index (χ3n) is 2.59. The molecule has 1 aromatic rings. The van der Waals surface area contributed by atoms with Crippen molar-refractivity contribution in [3.63, 3.8) is 0 Å². The minimum absolute atomic E-state index is 0.319. The molecule has 5 heteroatoms. The van der Waals surface area contributed by atoms with Gasteiger partial charge in [0.25, 0.3) is 11.1 Å². The molecule has 1 saturated heterocycles. The van der Waals surface area contributed by atoms with E-state index in [2.05, 4.69) is 5.32 Å². The second-order valence-electron chi connectivity index (χ2n) is 4.22. The van der Waals surface area contributed by atoms with Crippen molar-refractivity contribution in [1.29, 1.82) is 0 Å². The molecule has 0 atom stereocenters. The van der Waals surface area contributed by atoms with Crippen LogP contribution >= 0.6 is 11.8 Å². The fraction of sp³-hybridized carbons (Fsp3) is 0.143. The van der Waals surface area contributed by atoms with E-state index in [1.807, 2.05) is 49.3 Å². The number of nitrogens with one attached hydrogen (secondary N) is 1. The lowest BCUT2D eigenvalue weighted by Gasteiger charge is -2.11. The first kappa shape index (κ1) is 13.4. The first-order chi connectivity index (χ1) is 9.06. The van der Waals surface area contributed by atoms with Gasteiger partial charge in [-0.3, -0.25) is 14.9 Å². The molecule has 2 amide bonds. The number of rotatable bonds is 3. The summed E-state index contributed by atoms with van der Waals surface area (Å²) < 4.78 is 0. The Morgan fingerprint density at radius 3 is 2.37 bits per heavy atom. The third kappa shape index (κ3) is 3.48. The summed E-state index contributed by atoms with van der Waals surface area (Å²) in [5, 5.41) is 1.89. The number of hydrogen-bond acceptors (Lipinski definition) is 4. The largest absolute Gasteiger partial charge is 0.378 e. The molecule has 0 aromatic heterocycles. The molecule has 19 heavy (non-hydrogen) atoms. The number of benzene rings is 1. The first-order valence-electron chi connectivity index (χ1n) is 5.75. The Bertz CT molecular complexity index is 559. The lowest BCUT2D eigenvalue weighted by molar-refractivity contribution is -0.115. The van der Waals surface area contributed by atoms with Gasteiger partial charge < -0.3 is 4.90 Å². The van der Waals surface area contributed by atoms with E-state index in [1.165, 1.54) is 0 Å². The zero-order valence-electron chi connectivity index (χ0n) is 10.7. The SMILES string of the molecule is CN(C)c1ccc(/C=C/C=C2/SC(=O)NC2=O)cc1. The maximum Gasteiger partial charge on any atom is 0.290 e. The highest BCUT2D eigenvalue weighted by atomic mass is 32.2. The quantitative estimate of drug-likeness (QED) is 0.861. The number of allylic oxidation sites excluding steroid dienone is 2. The number of nitrogens with zero attached hydrogens (tertiary/aromatic N) is 1. The van der Waals surface area contributed by atoms with Gasteiger partial charge in [-0.15, -0.1) is 0 Å². The van der Waals surface area contributed by atoms with Crippen molar-refractivity contribution < 1.29 is 9.59 Å². The second-order valence-corrected chi connectivity index (χ2v) is 5.23. The molecule has 1 fully saturated rings. The van der Waals surface area contributed by atoms with E-state index in [4.69, 9.17) is 0 Å². The van der Waals surface area contributed by atoms with Crippen molar-refractivity contribution >= 4 is 34.7 Å². The average molecular weight is 274 g/mol. The predicted molar refractivity (Wildman–Crippen MR) is 79.0 cm³/mol. The van der Waals surface area contributed by atoms with Gasteiger partial charge in [-0.25, -0.2) is 0 Å². The number of carbonyl (C=O) groups is 2. The van der Waals surface area contributed by atoms with E-state index in [0.717, 1.165) is 23.0 Å². The van der Waals surface area contributed by atoms with Crippen LogP contribution in [0.15, 0.2) is 41.3 Å². The minimum Gasteiger partial charge on any atom is -0.378 e. The van der Waals surface area contributed by atoms with Crippen LogP contribution in [0.25, 0.3) is 6.08 Å². The first-order valence-corrected chi connectivity index (χ1v) is 6.57. The summed E-state index contributed by atoms with van der Waals surface area (Å²) in [4.78, 5) is 24.7. The van der Waals surface area contributed by atoms with Gasteiger partial charge in [0, 0.05) is 19.8 Å². The minimum atomic E-state index is -0.331. The van der Waals surface area contributed by atoms with Crippen molar-refractivity contribution in [2.75, 3.05) is 19.0 Å². The fourth-order valence-electron chi connectivity index (χ4n) is 1.57. The fourth-order valence-corrected chi connectivity index (χ4v) is 2.20. The molecule has 0 aliphatic carbocycles. The summed E-state index contributed by atoms with van der Waals surface area (Å²) >= 11 is 0.919. The third-order valence-corrected chi connectivity index (χ3v) is 3.42. The van der Waals surface area contributed by atoms with Gasteiger partial charge in [-0.2, -0.15) is 0 Å². The van der Waals surface area contributed by atoms with Gasteiger partial charge >= 0.3 is 0 Å². The number of thioether (sulfide) groups is 1. The summed E-state index contributed by atoms with van der Waals surface area (Å²) in [6.07, 6.45) is 5.30. The molecule has 1 aliphatic rings. The summed E-state index contributed by atoms with van der Waals surface area (Å²) in [6, 6.07) is 8.04. The van der Waals surface area contributed by atoms with E-state index in [0.29, 0.717) is 4.91 Å². The van der Waals surface area contributed by atoms with E-state index in [1.54, 1.807) is 12.2 Å². The van der Waals surface area contributed by atoms with Crippen LogP contribution in [0.2, 0.25) is 0 Å². The molecular formula is C14H14N2O2S. The van der Waals surface area contributed by atoms with Gasteiger partial charge in [-0.1, -0.05) is 24.3 Å². The number of imide groups is 1. The summed E-state index contributed by atoms with van der Waals surface area (Å²) in [5.74, 6) is -0.331. The van der Waals surface area contributed by atoms with Crippen LogP contribution in [-0.4, -0.2) is 25.2 Å². The summed E-state index contributed by atoms with van der Waals surface area (Å²) in [7, 11) is 3.98. The molecule has 0 spiro atoms. The molecule has 0 bridgehead atoms. The van der Waals surface area contributed by atoms with E-state index in [-0.39, 0.29) is 11.1 Å². The molecule has 1 heterocycles. The van der Waals surface area contributed by atoms with E-state index in [9.17, 15) is 9.59 Å². The highest BCUT2D eigenvalue weighted by Gasteiger charge is 2.24. The highest BCUT2D eigenvalue weighted by molar-refractivity contribution is 8.18. The Labute approximate surface area is 116 Å². The zero-order chi connectivity index (χ0) is 13.8. The van der Waals surface area contributed by atoms with Gasteiger partial charge in [-0.05, 0) is 35.5 Å². The van der Waals surface area contributed by atoms with Crippen LogP contribution in [0, 0.1) is 0 Å². The molecule has 1 N–H and O–H groups in total. The average Bonchev–Trinajstić information content (AvgIpc) is 2.68. The molecule has 1 aliphatic heterocycles. The van der Waals surface area contributed by atoms with Crippen molar-refractivity contribution in [3.8, 4) is 0 Å². The lowest BCUT2D eigenvalue weighted by Crippen LogP contribution is -2.17. The van der Waals surface area contributed by atoms with Crippen LogP contribution in [0.1, 0.15) is 5.56 Å². The highest BCUT2D eigenvalue weighted by Crippen LogP contribution is 2.23. The van der Waals surface area contributed by atoms with Crippen molar-refractivity contribution in [3.05, 3.63) is 46.9 Å². The molecule has 2 rings (SSSR count). The Morgan fingerprint density at radius 2 is 1.84 bits per heavy atom. The maximum atomic E-state index is 11.3. The van der Waals surface area contributed by atoms with Gasteiger partial charge in [0.05, 0.1) is 4.91 Å². The second kappa shape index (κ2) is 5.75. The number of carbonyl (C=O) groups excluding carboxylic acids is 2. The molecule has 0 unspecified atom stereocenters. The van der Waals surface area contributed by atoms with Gasteiger partial charge in [0.2, 0.25) is 0 Å². The molecular weight excluding hydrogens is 260 g/mol. The number of hydrogen-bond donors (Lipinski definition) is 1. The topological polar surface area (TPSA) is 49.4 Å². The van der Waals surface area contributed by atoms with Crippen LogP contribution < -0.4 is 10.2 Å². The van der Waals surface area contributed by atoms with Crippen LogP contribution in [-0.2, 0) is 4.79 Å². The molecule has 4 nitrogen and oxygen atoms in total. The normalized spacial score (nSPS) is 17.3. The zero-order valence-corrected chi connectivity index (χ0v) is 11.5. The van der Waals surface area contributed by atoms with Gasteiger partial charge in [0.1, 0.15) is 0 Å². The van der Waals surface area contributed by atoms with Gasteiger partial charge in [0.15, 0.2) is 0 Å². The number of anilines is 1. The Morgan fingerprint density at radius 1 is 1.16 bits per heavy atom. The monoisotopic (exact) mass is 274 g/mol. The lowest BCUT2D eigenvalue weighted by atomic mass is 10.2. The molecule has 1 aromatic carbocycles. The Hall–Kier alpha value is -2.01. The van der Waals surface area contributed by atoms with Crippen molar-refractivity contribution in [2.45, 2.75) is 0 Å². The Kier molecular flexibility index (Phi) is 4.06.